The third-order valence-electron chi connectivity index (χ3n) is 6.32. The molecule has 2 heterocycles. The smallest absolute Gasteiger partial charge is 0.000966 e. The molecule has 0 atom stereocenters. The number of hydrogen-bond donors (Lipinski definition) is 0. The molecule has 3 fully saturated rings. The van der Waals surface area contributed by atoms with Crippen molar-refractivity contribution in [2.24, 2.45) is 17.8 Å². The van der Waals surface area contributed by atoms with Crippen LogP contribution in [-0.4, -0.2) is 49.1 Å². The third-order valence-corrected chi connectivity index (χ3v) is 6.32. The standard InChI is InChI=1S/C19H36N2/c1-17-9-13-21(14-10-17)16-19-7-5-18(6-8-19)15-20-11-3-2-4-12-20/h17-19H,2-16H2,1H3. The molecule has 0 unspecified atom stereocenters. The van der Waals surface area contributed by atoms with Gasteiger partial charge in [0.25, 0.3) is 0 Å². The lowest BCUT2D eigenvalue weighted by atomic mass is 9.81. The molecule has 2 aliphatic heterocycles. The average Bonchev–Trinajstić information content (AvgIpc) is 2.53. The fourth-order valence-corrected chi connectivity index (χ4v) is 4.71. The molecule has 3 rings (SSSR count). The van der Waals surface area contributed by atoms with E-state index in [1.54, 1.807) is 0 Å². The summed E-state index contributed by atoms with van der Waals surface area (Å²) in [6, 6.07) is 0. The number of nitrogens with zero attached hydrogens (tertiary/aromatic N) is 2. The predicted molar refractivity (Wildman–Crippen MR) is 90.6 cm³/mol. The second kappa shape index (κ2) is 7.97. The maximum Gasteiger partial charge on any atom is 0.000966 e. The molecular weight excluding hydrogens is 256 g/mol. The van der Waals surface area contributed by atoms with Gasteiger partial charge < -0.3 is 9.80 Å². The quantitative estimate of drug-likeness (QED) is 0.772. The van der Waals surface area contributed by atoms with E-state index in [-0.39, 0.29) is 0 Å². The van der Waals surface area contributed by atoms with Crippen LogP contribution in [0.2, 0.25) is 0 Å². The van der Waals surface area contributed by atoms with Crippen molar-refractivity contribution in [3.05, 3.63) is 0 Å². The fraction of sp³-hybridized carbons (Fsp3) is 1.00. The van der Waals surface area contributed by atoms with Crippen LogP contribution in [-0.2, 0) is 0 Å². The molecule has 122 valence electrons. The van der Waals surface area contributed by atoms with Crippen molar-refractivity contribution in [1.82, 2.24) is 9.80 Å². The molecule has 1 aliphatic carbocycles. The van der Waals surface area contributed by atoms with Crippen LogP contribution in [0.3, 0.4) is 0 Å². The van der Waals surface area contributed by atoms with Crippen LogP contribution in [0, 0.1) is 17.8 Å². The van der Waals surface area contributed by atoms with Gasteiger partial charge in [-0.1, -0.05) is 13.3 Å². The summed E-state index contributed by atoms with van der Waals surface area (Å²) in [5.74, 6) is 3.00. The Morgan fingerprint density at radius 2 is 1.10 bits per heavy atom. The zero-order valence-corrected chi connectivity index (χ0v) is 14.2. The van der Waals surface area contributed by atoms with Crippen LogP contribution in [0.15, 0.2) is 0 Å². The van der Waals surface area contributed by atoms with Crippen molar-refractivity contribution in [3.8, 4) is 0 Å². The lowest BCUT2D eigenvalue weighted by Gasteiger charge is -2.37. The van der Waals surface area contributed by atoms with E-state index in [2.05, 4.69) is 16.7 Å². The van der Waals surface area contributed by atoms with Gasteiger partial charge in [0.15, 0.2) is 0 Å². The van der Waals surface area contributed by atoms with Crippen molar-refractivity contribution in [2.75, 3.05) is 39.3 Å². The van der Waals surface area contributed by atoms with Gasteiger partial charge in [-0.05, 0) is 95.3 Å². The van der Waals surface area contributed by atoms with E-state index in [9.17, 15) is 0 Å². The minimum absolute atomic E-state index is 0.974. The van der Waals surface area contributed by atoms with Crippen LogP contribution >= 0.6 is 0 Å². The largest absolute Gasteiger partial charge is 0.303 e. The molecule has 0 N–H and O–H groups in total. The molecule has 2 heteroatoms. The lowest BCUT2D eigenvalue weighted by molar-refractivity contribution is 0.122. The number of piperidine rings is 2. The van der Waals surface area contributed by atoms with Crippen molar-refractivity contribution in [2.45, 2.75) is 64.7 Å². The molecule has 0 aromatic carbocycles. The van der Waals surface area contributed by atoms with Crippen molar-refractivity contribution < 1.29 is 0 Å². The Balaban J connectivity index is 1.33. The number of likely N-dealkylation sites (tertiary alicyclic amines) is 2. The van der Waals surface area contributed by atoms with Gasteiger partial charge in [0.2, 0.25) is 0 Å². The summed E-state index contributed by atoms with van der Waals surface area (Å²) in [4.78, 5) is 5.51. The zero-order chi connectivity index (χ0) is 14.5. The molecule has 0 aromatic rings. The van der Waals surface area contributed by atoms with E-state index in [4.69, 9.17) is 0 Å². The van der Waals surface area contributed by atoms with E-state index in [1.165, 1.54) is 97.1 Å². The van der Waals surface area contributed by atoms with Gasteiger partial charge >= 0.3 is 0 Å². The van der Waals surface area contributed by atoms with Gasteiger partial charge in [-0.25, -0.2) is 0 Å². The second-order valence-electron chi connectivity index (χ2n) is 8.23. The maximum absolute atomic E-state index is 2.76. The normalized spacial score (nSPS) is 34.1. The van der Waals surface area contributed by atoms with Crippen molar-refractivity contribution >= 4 is 0 Å². The zero-order valence-electron chi connectivity index (χ0n) is 14.2. The summed E-state index contributed by atoms with van der Waals surface area (Å²) in [6.45, 7) is 10.7. The molecule has 0 radical (unpaired) electrons. The molecule has 0 bridgehead atoms. The average molecular weight is 293 g/mol. The Hall–Kier alpha value is -0.0800. The SMILES string of the molecule is CC1CCN(CC2CCC(CN3CCCCC3)CC2)CC1. The first-order valence-corrected chi connectivity index (χ1v) is 9.74. The molecule has 3 aliphatic rings. The van der Waals surface area contributed by atoms with Gasteiger partial charge in [-0.3, -0.25) is 0 Å². The highest BCUT2D eigenvalue weighted by atomic mass is 15.1. The fourth-order valence-electron chi connectivity index (χ4n) is 4.71. The van der Waals surface area contributed by atoms with Gasteiger partial charge in [0, 0.05) is 13.1 Å². The highest BCUT2D eigenvalue weighted by molar-refractivity contribution is 4.79. The molecule has 0 amide bonds. The Kier molecular flexibility index (Phi) is 5.99. The predicted octanol–water partition coefficient (Wildman–Crippen LogP) is 4.01. The van der Waals surface area contributed by atoms with E-state index in [1.807, 2.05) is 0 Å². The summed E-state index contributed by atoms with van der Waals surface area (Å²) >= 11 is 0. The van der Waals surface area contributed by atoms with Gasteiger partial charge in [0.1, 0.15) is 0 Å². The summed E-state index contributed by atoms with van der Waals surface area (Å²) < 4.78 is 0. The van der Waals surface area contributed by atoms with Crippen LogP contribution in [0.5, 0.6) is 0 Å². The molecule has 1 saturated carbocycles. The Bertz CT molecular complexity index is 282. The molecule has 0 spiro atoms. The Morgan fingerprint density at radius 1 is 0.619 bits per heavy atom. The monoisotopic (exact) mass is 292 g/mol. The first-order valence-electron chi connectivity index (χ1n) is 9.74. The summed E-state index contributed by atoms with van der Waals surface area (Å²) in [5.41, 5.74) is 0. The minimum atomic E-state index is 0.974. The highest BCUT2D eigenvalue weighted by Gasteiger charge is 2.26. The topological polar surface area (TPSA) is 6.48 Å². The second-order valence-corrected chi connectivity index (χ2v) is 8.23. The summed E-state index contributed by atoms with van der Waals surface area (Å²) in [7, 11) is 0. The van der Waals surface area contributed by atoms with Crippen molar-refractivity contribution in [1.29, 1.82) is 0 Å². The van der Waals surface area contributed by atoms with Crippen LogP contribution in [0.25, 0.3) is 0 Å². The highest BCUT2D eigenvalue weighted by Crippen LogP contribution is 2.31. The maximum atomic E-state index is 2.76. The number of rotatable bonds is 4. The van der Waals surface area contributed by atoms with Crippen LogP contribution in [0.4, 0.5) is 0 Å². The molecule has 0 aromatic heterocycles. The van der Waals surface area contributed by atoms with Gasteiger partial charge in [-0.2, -0.15) is 0 Å². The molecule has 2 nitrogen and oxygen atoms in total. The van der Waals surface area contributed by atoms with E-state index in [0.29, 0.717) is 0 Å². The lowest BCUT2D eigenvalue weighted by Crippen LogP contribution is -2.39. The summed E-state index contributed by atoms with van der Waals surface area (Å²) in [5, 5.41) is 0. The van der Waals surface area contributed by atoms with Crippen LogP contribution < -0.4 is 0 Å². The van der Waals surface area contributed by atoms with Gasteiger partial charge in [-0.15, -0.1) is 0 Å². The van der Waals surface area contributed by atoms with E-state index >= 15 is 0 Å². The van der Waals surface area contributed by atoms with Crippen molar-refractivity contribution in [3.63, 3.8) is 0 Å². The van der Waals surface area contributed by atoms with E-state index < -0.39 is 0 Å². The first-order chi connectivity index (χ1) is 10.3. The Morgan fingerprint density at radius 3 is 1.62 bits per heavy atom. The van der Waals surface area contributed by atoms with Gasteiger partial charge in [0.05, 0.1) is 0 Å². The van der Waals surface area contributed by atoms with Crippen LogP contribution in [0.1, 0.15) is 64.7 Å². The van der Waals surface area contributed by atoms with E-state index in [0.717, 1.165) is 17.8 Å². The molecular formula is C19H36N2. The summed E-state index contributed by atoms with van der Waals surface area (Å²) in [6.07, 6.45) is 13.3. The first kappa shape index (κ1) is 15.8. The minimum Gasteiger partial charge on any atom is -0.303 e. The third kappa shape index (κ3) is 4.96. The number of hydrogen-bond acceptors (Lipinski definition) is 2. The molecule has 2 saturated heterocycles. The Labute approximate surface area is 132 Å². The molecule has 21 heavy (non-hydrogen) atoms.